The summed E-state index contributed by atoms with van der Waals surface area (Å²) in [5.74, 6) is -0.159. The van der Waals surface area contributed by atoms with E-state index in [1.807, 2.05) is 63.5 Å². The van der Waals surface area contributed by atoms with Crippen molar-refractivity contribution >= 4 is 23.2 Å². The molecular formula is C27H27N5O2S. The molecule has 35 heavy (non-hydrogen) atoms. The molecule has 1 aliphatic rings. The third-order valence-electron chi connectivity index (χ3n) is 6.22. The van der Waals surface area contributed by atoms with Gasteiger partial charge in [-0.1, -0.05) is 42.5 Å². The molecule has 0 spiro atoms. The fraction of sp³-hybridized carbons (Fsp3) is 0.259. The predicted octanol–water partition coefficient (Wildman–Crippen LogP) is 3.64. The summed E-state index contributed by atoms with van der Waals surface area (Å²) in [6.45, 7) is 2.04. The van der Waals surface area contributed by atoms with Gasteiger partial charge in [0.05, 0.1) is 18.7 Å². The number of nitrogens with zero attached hydrogens (tertiary/aromatic N) is 4. The van der Waals surface area contributed by atoms with Gasteiger partial charge in [-0.15, -0.1) is 11.3 Å². The first-order valence-electron chi connectivity index (χ1n) is 11.8. The quantitative estimate of drug-likeness (QED) is 0.413. The largest absolute Gasteiger partial charge is 0.345 e. The molecule has 178 valence electrons. The van der Waals surface area contributed by atoms with Crippen molar-refractivity contribution in [1.29, 1.82) is 0 Å². The van der Waals surface area contributed by atoms with Crippen LogP contribution in [0.5, 0.6) is 0 Å². The molecule has 4 aromatic rings. The van der Waals surface area contributed by atoms with Crippen LogP contribution in [-0.2, 0) is 43.7 Å². The Bertz CT molecular complexity index is 1290. The summed E-state index contributed by atoms with van der Waals surface area (Å²) in [6, 6.07) is 19.8. The lowest BCUT2D eigenvalue weighted by Gasteiger charge is -2.28. The van der Waals surface area contributed by atoms with E-state index in [0.29, 0.717) is 44.7 Å². The lowest BCUT2D eigenvalue weighted by Crippen LogP contribution is -2.38. The molecule has 1 N–H and O–H groups in total. The minimum atomic E-state index is -0.238. The highest BCUT2D eigenvalue weighted by Gasteiger charge is 2.30. The van der Waals surface area contributed by atoms with E-state index in [2.05, 4.69) is 22.4 Å². The van der Waals surface area contributed by atoms with Crippen molar-refractivity contribution in [2.24, 2.45) is 0 Å². The standard InChI is InChI=1S/C27H27N5O2S/c33-25(17-22-10-6-16-35-22)31-14-12-24-23(19-31)26(27(34)29-18-21-9-4-5-13-28-21)30-32(24)15-11-20-7-2-1-3-8-20/h1-10,13,16H,11-12,14-15,17-19H2,(H,29,34). The zero-order valence-corrected chi connectivity index (χ0v) is 20.2. The Morgan fingerprint density at radius 2 is 1.89 bits per heavy atom. The van der Waals surface area contributed by atoms with Gasteiger partial charge in [-0.05, 0) is 35.6 Å². The molecule has 1 aromatic carbocycles. The molecule has 0 aliphatic carbocycles. The van der Waals surface area contributed by atoms with Crippen LogP contribution < -0.4 is 5.32 Å². The van der Waals surface area contributed by atoms with Crippen LogP contribution in [0.15, 0.2) is 72.2 Å². The lowest BCUT2D eigenvalue weighted by molar-refractivity contribution is -0.131. The number of fused-ring (bicyclic) bond motifs is 1. The fourth-order valence-corrected chi connectivity index (χ4v) is 5.08. The number of thiophene rings is 1. The van der Waals surface area contributed by atoms with E-state index in [4.69, 9.17) is 5.10 Å². The van der Waals surface area contributed by atoms with Crippen LogP contribution >= 0.6 is 11.3 Å². The third kappa shape index (κ3) is 5.49. The molecular weight excluding hydrogens is 458 g/mol. The van der Waals surface area contributed by atoms with Crippen LogP contribution in [0, 0.1) is 0 Å². The molecule has 0 saturated heterocycles. The van der Waals surface area contributed by atoms with E-state index in [1.54, 1.807) is 17.5 Å². The van der Waals surface area contributed by atoms with E-state index >= 15 is 0 Å². The average molecular weight is 486 g/mol. The van der Waals surface area contributed by atoms with E-state index in [0.717, 1.165) is 28.2 Å². The van der Waals surface area contributed by atoms with Gasteiger partial charge in [-0.3, -0.25) is 19.3 Å². The third-order valence-corrected chi connectivity index (χ3v) is 7.10. The number of pyridine rings is 1. The molecule has 2 amide bonds. The van der Waals surface area contributed by atoms with Gasteiger partial charge in [0.15, 0.2) is 5.69 Å². The van der Waals surface area contributed by atoms with Crippen LogP contribution in [0.2, 0.25) is 0 Å². The van der Waals surface area contributed by atoms with Crippen molar-refractivity contribution in [3.05, 3.63) is 105 Å². The maximum Gasteiger partial charge on any atom is 0.272 e. The molecule has 0 fully saturated rings. The molecule has 0 radical (unpaired) electrons. The highest BCUT2D eigenvalue weighted by molar-refractivity contribution is 7.10. The zero-order chi connectivity index (χ0) is 24.0. The molecule has 0 atom stereocenters. The number of rotatable bonds is 8. The Morgan fingerprint density at radius 1 is 1.03 bits per heavy atom. The Labute approximate surface area is 208 Å². The molecule has 3 aromatic heterocycles. The number of hydrogen-bond acceptors (Lipinski definition) is 5. The number of carbonyl (C=O) groups is 2. The van der Waals surface area contributed by atoms with Crippen LogP contribution in [0.1, 0.15) is 37.9 Å². The SMILES string of the molecule is O=C(NCc1ccccn1)c1nn(CCc2ccccc2)c2c1CN(C(=O)Cc1cccs1)CC2. The molecule has 8 heteroatoms. The Kier molecular flexibility index (Phi) is 6.99. The molecule has 4 heterocycles. The number of benzene rings is 1. The van der Waals surface area contributed by atoms with Crippen molar-refractivity contribution in [2.45, 2.75) is 38.9 Å². The fourth-order valence-electron chi connectivity index (χ4n) is 4.38. The highest BCUT2D eigenvalue weighted by Crippen LogP contribution is 2.24. The molecule has 0 unspecified atom stereocenters. The summed E-state index contributed by atoms with van der Waals surface area (Å²) in [5, 5.41) is 9.67. The number of aryl methyl sites for hydroxylation is 2. The van der Waals surface area contributed by atoms with Crippen molar-refractivity contribution < 1.29 is 9.59 Å². The van der Waals surface area contributed by atoms with Gasteiger partial charge >= 0.3 is 0 Å². The summed E-state index contributed by atoms with van der Waals surface area (Å²) >= 11 is 1.59. The second kappa shape index (κ2) is 10.7. The Hall–Kier alpha value is -3.78. The van der Waals surface area contributed by atoms with Crippen LogP contribution in [-0.4, -0.2) is 38.0 Å². The van der Waals surface area contributed by atoms with E-state index in [-0.39, 0.29) is 11.8 Å². The molecule has 7 nitrogen and oxygen atoms in total. The summed E-state index contributed by atoms with van der Waals surface area (Å²) in [7, 11) is 0. The summed E-state index contributed by atoms with van der Waals surface area (Å²) in [5.41, 5.74) is 4.30. The van der Waals surface area contributed by atoms with Gasteiger partial charge in [0.1, 0.15) is 0 Å². The number of nitrogens with one attached hydrogen (secondary N) is 1. The summed E-state index contributed by atoms with van der Waals surface area (Å²) in [4.78, 5) is 33.4. The van der Waals surface area contributed by atoms with Crippen molar-refractivity contribution in [3.8, 4) is 0 Å². The van der Waals surface area contributed by atoms with Gasteiger partial charge in [0, 0.05) is 48.4 Å². The van der Waals surface area contributed by atoms with Gasteiger partial charge in [-0.25, -0.2) is 0 Å². The van der Waals surface area contributed by atoms with Gasteiger partial charge in [0.25, 0.3) is 5.91 Å². The zero-order valence-electron chi connectivity index (χ0n) is 19.4. The Balaban J connectivity index is 1.36. The van der Waals surface area contributed by atoms with E-state index in [1.165, 1.54) is 5.56 Å². The van der Waals surface area contributed by atoms with Crippen molar-refractivity contribution in [1.82, 2.24) is 25.0 Å². The number of carbonyl (C=O) groups excluding carboxylic acids is 2. The number of hydrogen-bond donors (Lipinski definition) is 1. The maximum atomic E-state index is 13.2. The van der Waals surface area contributed by atoms with Crippen LogP contribution in [0.4, 0.5) is 0 Å². The molecule has 0 saturated carbocycles. The first kappa shape index (κ1) is 23.0. The first-order valence-corrected chi connectivity index (χ1v) is 12.7. The smallest absolute Gasteiger partial charge is 0.272 e. The van der Waals surface area contributed by atoms with Crippen LogP contribution in [0.3, 0.4) is 0 Å². The summed E-state index contributed by atoms with van der Waals surface area (Å²) in [6.07, 6.45) is 3.60. The van der Waals surface area contributed by atoms with Crippen LogP contribution in [0.25, 0.3) is 0 Å². The van der Waals surface area contributed by atoms with Gasteiger partial charge < -0.3 is 10.2 Å². The van der Waals surface area contributed by atoms with Gasteiger partial charge in [-0.2, -0.15) is 5.10 Å². The van der Waals surface area contributed by atoms with Gasteiger partial charge in [0.2, 0.25) is 5.91 Å². The number of amides is 2. The molecule has 5 rings (SSSR count). The average Bonchev–Trinajstić information content (AvgIpc) is 3.55. The highest BCUT2D eigenvalue weighted by atomic mass is 32.1. The monoisotopic (exact) mass is 485 g/mol. The van der Waals surface area contributed by atoms with Crippen molar-refractivity contribution in [3.63, 3.8) is 0 Å². The minimum absolute atomic E-state index is 0.0787. The van der Waals surface area contributed by atoms with E-state index in [9.17, 15) is 9.59 Å². The second-order valence-electron chi connectivity index (χ2n) is 8.56. The summed E-state index contributed by atoms with van der Waals surface area (Å²) < 4.78 is 1.96. The van der Waals surface area contributed by atoms with Crippen molar-refractivity contribution in [2.75, 3.05) is 6.54 Å². The molecule has 0 bridgehead atoms. The first-order chi connectivity index (χ1) is 17.2. The second-order valence-corrected chi connectivity index (χ2v) is 9.59. The lowest BCUT2D eigenvalue weighted by atomic mass is 10.0. The topological polar surface area (TPSA) is 80.1 Å². The number of aromatic nitrogens is 3. The minimum Gasteiger partial charge on any atom is -0.345 e. The maximum absolute atomic E-state index is 13.2. The Morgan fingerprint density at radius 3 is 2.66 bits per heavy atom. The molecule has 1 aliphatic heterocycles. The normalized spacial score (nSPS) is 12.9. The van der Waals surface area contributed by atoms with E-state index < -0.39 is 0 Å². The predicted molar refractivity (Wildman–Crippen MR) is 135 cm³/mol.